The summed E-state index contributed by atoms with van der Waals surface area (Å²) in [5.41, 5.74) is 7.36. The van der Waals surface area contributed by atoms with Crippen LogP contribution < -0.4 is 5.73 Å². The van der Waals surface area contributed by atoms with Gasteiger partial charge in [-0.1, -0.05) is 11.3 Å². The maximum atomic E-state index is 12.4. The quantitative estimate of drug-likeness (QED) is 0.933. The van der Waals surface area contributed by atoms with E-state index in [2.05, 4.69) is 9.97 Å². The van der Waals surface area contributed by atoms with E-state index in [4.69, 9.17) is 5.73 Å². The molecule has 2 aromatic heterocycles. The third-order valence-corrected chi connectivity index (χ3v) is 4.07. The normalized spacial score (nSPS) is 12.2. The molecule has 2 rings (SSSR count). The molecule has 0 aliphatic heterocycles. The summed E-state index contributed by atoms with van der Waals surface area (Å²) in [4.78, 5) is 22.8. The Bertz CT molecular complexity index is 582. The van der Waals surface area contributed by atoms with Crippen LogP contribution in [0.25, 0.3) is 0 Å². The molecular formula is C13H16N4OS. The van der Waals surface area contributed by atoms with Crippen molar-refractivity contribution in [1.29, 1.82) is 0 Å². The highest BCUT2D eigenvalue weighted by atomic mass is 32.1. The first-order valence-electron chi connectivity index (χ1n) is 5.90. The zero-order chi connectivity index (χ0) is 14.0. The fourth-order valence-corrected chi connectivity index (χ4v) is 2.63. The number of amides is 1. The van der Waals surface area contributed by atoms with E-state index in [0.29, 0.717) is 15.7 Å². The molecular weight excluding hydrogens is 260 g/mol. The number of nitrogens with two attached hydrogens (primary N) is 1. The Morgan fingerprint density at radius 2 is 2.05 bits per heavy atom. The molecule has 1 atom stereocenters. The van der Waals surface area contributed by atoms with E-state index in [1.54, 1.807) is 31.3 Å². The minimum absolute atomic E-state index is 0.0294. The maximum absolute atomic E-state index is 12.4. The second-order valence-corrected chi connectivity index (χ2v) is 5.37. The SMILES string of the molecule is Cc1nc(N)sc1C(=O)N(C)C(C)c1ccncc1. The molecule has 2 heterocycles. The van der Waals surface area contributed by atoms with Crippen molar-refractivity contribution in [2.24, 2.45) is 0 Å². The van der Waals surface area contributed by atoms with E-state index in [1.165, 1.54) is 11.3 Å². The van der Waals surface area contributed by atoms with Gasteiger partial charge in [0.2, 0.25) is 0 Å². The zero-order valence-electron chi connectivity index (χ0n) is 11.1. The standard InChI is InChI=1S/C13H16N4OS/c1-8-11(19-13(14)16-8)12(18)17(3)9(2)10-4-6-15-7-5-10/h4-7,9H,1-3H3,(H2,14,16). The van der Waals surface area contributed by atoms with Crippen LogP contribution in [-0.4, -0.2) is 27.8 Å². The topological polar surface area (TPSA) is 72.1 Å². The lowest BCUT2D eigenvalue weighted by Crippen LogP contribution is -2.29. The average Bonchev–Trinajstić information content (AvgIpc) is 2.76. The minimum Gasteiger partial charge on any atom is -0.375 e. The summed E-state index contributed by atoms with van der Waals surface area (Å²) in [6, 6.07) is 3.78. The van der Waals surface area contributed by atoms with Crippen LogP contribution in [0.4, 0.5) is 5.13 Å². The number of aryl methyl sites for hydroxylation is 1. The monoisotopic (exact) mass is 276 g/mol. The summed E-state index contributed by atoms with van der Waals surface area (Å²) in [7, 11) is 1.78. The number of hydrogen-bond donors (Lipinski definition) is 1. The fraction of sp³-hybridized carbons (Fsp3) is 0.308. The Hall–Kier alpha value is -1.95. The van der Waals surface area contributed by atoms with Crippen molar-refractivity contribution in [1.82, 2.24) is 14.9 Å². The van der Waals surface area contributed by atoms with Gasteiger partial charge < -0.3 is 10.6 Å². The molecule has 19 heavy (non-hydrogen) atoms. The predicted octanol–water partition coefficient (Wildman–Crippen LogP) is 2.26. The molecule has 100 valence electrons. The lowest BCUT2D eigenvalue weighted by Gasteiger charge is -2.24. The van der Waals surface area contributed by atoms with Crippen molar-refractivity contribution in [3.63, 3.8) is 0 Å². The van der Waals surface area contributed by atoms with Gasteiger partial charge in [0.15, 0.2) is 5.13 Å². The highest BCUT2D eigenvalue weighted by molar-refractivity contribution is 7.17. The number of pyridine rings is 1. The van der Waals surface area contributed by atoms with E-state index in [-0.39, 0.29) is 11.9 Å². The highest BCUT2D eigenvalue weighted by Gasteiger charge is 2.22. The Labute approximate surface area is 116 Å². The molecule has 0 bridgehead atoms. The summed E-state index contributed by atoms with van der Waals surface area (Å²) in [6.07, 6.45) is 3.44. The molecule has 0 radical (unpaired) electrons. The first kappa shape index (κ1) is 13.5. The number of carbonyl (C=O) groups excluding carboxylic acids is 1. The van der Waals surface area contributed by atoms with Gasteiger partial charge in [0, 0.05) is 19.4 Å². The summed E-state index contributed by atoms with van der Waals surface area (Å²) in [5, 5.41) is 0.422. The molecule has 0 spiro atoms. The van der Waals surface area contributed by atoms with Crippen LogP contribution in [0.5, 0.6) is 0 Å². The van der Waals surface area contributed by atoms with E-state index >= 15 is 0 Å². The van der Waals surface area contributed by atoms with Gasteiger partial charge in [-0.15, -0.1) is 0 Å². The summed E-state index contributed by atoms with van der Waals surface area (Å²) < 4.78 is 0. The number of nitrogens with zero attached hydrogens (tertiary/aromatic N) is 3. The molecule has 1 amide bonds. The highest BCUT2D eigenvalue weighted by Crippen LogP contribution is 2.25. The van der Waals surface area contributed by atoms with Crippen LogP contribution in [0.15, 0.2) is 24.5 Å². The van der Waals surface area contributed by atoms with Gasteiger partial charge in [0.1, 0.15) is 4.88 Å². The van der Waals surface area contributed by atoms with Crippen molar-refractivity contribution in [3.8, 4) is 0 Å². The van der Waals surface area contributed by atoms with Gasteiger partial charge in [-0.05, 0) is 31.5 Å². The summed E-state index contributed by atoms with van der Waals surface area (Å²) in [6.45, 7) is 3.78. The van der Waals surface area contributed by atoms with Crippen molar-refractivity contribution in [2.75, 3.05) is 12.8 Å². The van der Waals surface area contributed by atoms with Crippen LogP contribution in [0, 0.1) is 6.92 Å². The van der Waals surface area contributed by atoms with E-state index in [9.17, 15) is 4.79 Å². The van der Waals surface area contributed by atoms with Crippen LogP contribution in [0.1, 0.15) is 33.9 Å². The van der Waals surface area contributed by atoms with Gasteiger partial charge in [-0.3, -0.25) is 9.78 Å². The Morgan fingerprint density at radius 1 is 1.42 bits per heavy atom. The van der Waals surface area contributed by atoms with Crippen LogP contribution in [0.3, 0.4) is 0 Å². The number of nitrogen functional groups attached to an aromatic ring is 1. The maximum Gasteiger partial charge on any atom is 0.266 e. The molecule has 0 aromatic carbocycles. The number of rotatable bonds is 3. The third-order valence-electron chi connectivity index (χ3n) is 3.10. The summed E-state index contributed by atoms with van der Waals surface area (Å²) >= 11 is 1.23. The van der Waals surface area contributed by atoms with Crippen molar-refractivity contribution < 1.29 is 4.79 Å². The van der Waals surface area contributed by atoms with Gasteiger partial charge in [-0.2, -0.15) is 0 Å². The Morgan fingerprint density at radius 3 is 2.58 bits per heavy atom. The molecule has 1 unspecified atom stereocenters. The lowest BCUT2D eigenvalue weighted by molar-refractivity contribution is 0.0746. The first-order chi connectivity index (χ1) is 9.00. The first-order valence-corrected chi connectivity index (χ1v) is 6.72. The van der Waals surface area contributed by atoms with Crippen molar-refractivity contribution in [2.45, 2.75) is 19.9 Å². The van der Waals surface area contributed by atoms with E-state index in [1.807, 2.05) is 19.1 Å². The van der Waals surface area contributed by atoms with Crippen molar-refractivity contribution >= 4 is 22.4 Å². The van der Waals surface area contributed by atoms with Crippen LogP contribution >= 0.6 is 11.3 Å². The average molecular weight is 276 g/mol. The molecule has 0 aliphatic carbocycles. The molecule has 0 saturated carbocycles. The predicted molar refractivity (Wildman–Crippen MR) is 76.0 cm³/mol. The Balaban J connectivity index is 2.22. The second kappa shape index (κ2) is 5.36. The van der Waals surface area contributed by atoms with Gasteiger partial charge in [0.05, 0.1) is 11.7 Å². The molecule has 6 heteroatoms. The number of hydrogen-bond acceptors (Lipinski definition) is 5. The minimum atomic E-state index is -0.0592. The van der Waals surface area contributed by atoms with Crippen molar-refractivity contribution in [3.05, 3.63) is 40.7 Å². The number of carbonyl (C=O) groups is 1. The molecule has 0 aliphatic rings. The summed E-state index contributed by atoms with van der Waals surface area (Å²) in [5.74, 6) is -0.0592. The van der Waals surface area contributed by atoms with Crippen LogP contribution in [0.2, 0.25) is 0 Å². The fourth-order valence-electron chi connectivity index (χ4n) is 1.82. The number of thiazole rings is 1. The molecule has 0 fully saturated rings. The smallest absolute Gasteiger partial charge is 0.266 e. The van der Waals surface area contributed by atoms with Gasteiger partial charge in [-0.25, -0.2) is 4.98 Å². The van der Waals surface area contributed by atoms with Crippen LogP contribution in [-0.2, 0) is 0 Å². The Kier molecular flexibility index (Phi) is 3.80. The van der Waals surface area contributed by atoms with E-state index < -0.39 is 0 Å². The largest absolute Gasteiger partial charge is 0.375 e. The number of anilines is 1. The molecule has 2 aromatic rings. The lowest BCUT2D eigenvalue weighted by atomic mass is 10.1. The second-order valence-electron chi connectivity index (χ2n) is 4.34. The third kappa shape index (κ3) is 2.73. The number of aromatic nitrogens is 2. The van der Waals surface area contributed by atoms with Gasteiger partial charge in [0.25, 0.3) is 5.91 Å². The van der Waals surface area contributed by atoms with Gasteiger partial charge >= 0.3 is 0 Å². The zero-order valence-corrected chi connectivity index (χ0v) is 11.9. The molecule has 0 saturated heterocycles. The van der Waals surface area contributed by atoms with E-state index in [0.717, 1.165) is 5.56 Å². The molecule has 5 nitrogen and oxygen atoms in total. The molecule has 2 N–H and O–H groups in total.